The van der Waals surface area contributed by atoms with Gasteiger partial charge in [0, 0.05) is 25.0 Å². The molecule has 0 unspecified atom stereocenters. The second kappa shape index (κ2) is 6.31. The van der Waals surface area contributed by atoms with Gasteiger partial charge in [-0.25, -0.2) is 13.1 Å². The third kappa shape index (κ3) is 3.46. The predicted molar refractivity (Wildman–Crippen MR) is 86.9 cm³/mol. The maximum atomic E-state index is 12.2. The van der Waals surface area contributed by atoms with Crippen LogP contribution in [-0.4, -0.2) is 23.2 Å². The molecule has 0 atom stereocenters. The molecule has 0 bridgehead atoms. The van der Waals surface area contributed by atoms with E-state index < -0.39 is 10.0 Å². The molecule has 3 rings (SSSR count). The molecular formula is C16H16N4O2S. The molecule has 7 heteroatoms. The van der Waals surface area contributed by atoms with Gasteiger partial charge in [0.05, 0.1) is 22.8 Å². The van der Waals surface area contributed by atoms with E-state index in [4.69, 9.17) is 0 Å². The summed E-state index contributed by atoms with van der Waals surface area (Å²) in [6.45, 7) is 0.135. The van der Waals surface area contributed by atoms with Gasteiger partial charge < -0.3 is 0 Å². The van der Waals surface area contributed by atoms with Crippen molar-refractivity contribution in [2.24, 2.45) is 7.05 Å². The highest BCUT2D eigenvalue weighted by Crippen LogP contribution is 2.19. The summed E-state index contributed by atoms with van der Waals surface area (Å²) in [4.78, 5) is 4.23. The Morgan fingerprint density at radius 1 is 1.09 bits per heavy atom. The molecule has 2 aromatic heterocycles. The van der Waals surface area contributed by atoms with Crippen LogP contribution in [0.4, 0.5) is 0 Å². The molecule has 0 aliphatic rings. The normalized spacial score (nSPS) is 11.5. The van der Waals surface area contributed by atoms with Gasteiger partial charge in [-0.15, -0.1) is 0 Å². The summed E-state index contributed by atoms with van der Waals surface area (Å²) in [5.41, 5.74) is 2.53. The van der Waals surface area contributed by atoms with Crippen LogP contribution in [-0.2, 0) is 23.6 Å². The van der Waals surface area contributed by atoms with Crippen molar-refractivity contribution in [2.45, 2.75) is 11.4 Å². The standard InChI is InChI=1S/C16H16N4O2S/c1-20-16(13-7-9-17-10-8-13)11-14(19-20)12-18-23(21,22)15-5-3-2-4-6-15/h2-11,18H,12H2,1H3. The average molecular weight is 328 g/mol. The zero-order valence-corrected chi connectivity index (χ0v) is 13.4. The van der Waals surface area contributed by atoms with Gasteiger partial charge in [-0.3, -0.25) is 9.67 Å². The van der Waals surface area contributed by atoms with Crippen molar-refractivity contribution in [1.82, 2.24) is 19.5 Å². The number of benzene rings is 1. The van der Waals surface area contributed by atoms with Crippen LogP contribution in [0.5, 0.6) is 0 Å². The molecule has 0 amide bonds. The minimum absolute atomic E-state index is 0.135. The molecule has 3 aromatic rings. The molecule has 1 aromatic carbocycles. The van der Waals surface area contributed by atoms with Crippen molar-refractivity contribution in [3.8, 4) is 11.3 Å². The summed E-state index contributed by atoms with van der Waals surface area (Å²) in [5.74, 6) is 0. The number of pyridine rings is 1. The molecule has 0 spiro atoms. The van der Waals surface area contributed by atoms with Gasteiger partial charge >= 0.3 is 0 Å². The van der Waals surface area contributed by atoms with E-state index in [1.807, 2.05) is 25.2 Å². The van der Waals surface area contributed by atoms with E-state index in [2.05, 4.69) is 14.8 Å². The van der Waals surface area contributed by atoms with E-state index in [0.29, 0.717) is 5.69 Å². The van der Waals surface area contributed by atoms with Crippen LogP contribution in [0.25, 0.3) is 11.3 Å². The number of rotatable bonds is 5. The molecule has 23 heavy (non-hydrogen) atoms. The summed E-state index contributed by atoms with van der Waals surface area (Å²) in [5, 5.41) is 4.35. The lowest BCUT2D eigenvalue weighted by Crippen LogP contribution is -2.23. The molecule has 0 fully saturated rings. The lowest BCUT2D eigenvalue weighted by molar-refractivity contribution is 0.579. The van der Waals surface area contributed by atoms with Crippen LogP contribution in [0.2, 0.25) is 0 Å². The van der Waals surface area contributed by atoms with Gasteiger partial charge in [0.25, 0.3) is 0 Å². The molecule has 0 aliphatic heterocycles. The highest BCUT2D eigenvalue weighted by atomic mass is 32.2. The maximum Gasteiger partial charge on any atom is 0.240 e. The van der Waals surface area contributed by atoms with E-state index in [9.17, 15) is 8.42 Å². The second-order valence-electron chi connectivity index (χ2n) is 5.02. The van der Waals surface area contributed by atoms with Crippen LogP contribution in [0, 0.1) is 0 Å². The van der Waals surface area contributed by atoms with Crippen molar-refractivity contribution < 1.29 is 8.42 Å². The lowest BCUT2D eigenvalue weighted by atomic mass is 10.2. The van der Waals surface area contributed by atoms with Crippen LogP contribution < -0.4 is 4.72 Å². The number of hydrogen-bond donors (Lipinski definition) is 1. The minimum Gasteiger partial charge on any atom is -0.268 e. The third-order valence-corrected chi connectivity index (χ3v) is 4.82. The fourth-order valence-electron chi connectivity index (χ4n) is 2.26. The summed E-state index contributed by atoms with van der Waals surface area (Å²) in [7, 11) is -1.71. The fraction of sp³-hybridized carbons (Fsp3) is 0.125. The highest BCUT2D eigenvalue weighted by Gasteiger charge is 2.14. The van der Waals surface area contributed by atoms with E-state index >= 15 is 0 Å². The number of aromatic nitrogens is 3. The van der Waals surface area contributed by atoms with E-state index in [1.54, 1.807) is 47.4 Å². The molecule has 6 nitrogen and oxygen atoms in total. The Morgan fingerprint density at radius 2 is 1.78 bits per heavy atom. The number of nitrogens with zero attached hydrogens (tertiary/aromatic N) is 3. The second-order valence-corrected chi connectivity index (χ2v) is 6.78. The molecule has 1 N–H and O–H groups in total. The summed E-state index contributed by atoms with van der Waals surface area (Å²) in [6.07, 6.45) is 3.42. The van der Waals surface area contributed by atoms with Gasteiger partial charge in [0.2, 0.25) is 10.0 Å². The fourth-order valence-corrected chi connectivity index (χ4v) is 3.28. The first-order valence-electron chi connectivity index (χ1n) is 7.04. The van der Waals surface area contributed by atoms with Crippen molar-refractivity contribution >= 4 is 10.0 Å². The first-order valence-corrected chi connectivity index (χ1v) is 8.52. The van der Waals surface area contributed by atoms with Gasteiger partial charge in [-0.1, -0.05) is 18.2 Å². The molecule has 0 saturated heterocycles. The monoisotopic (exact) mass is 328 g/mol. The Hall–Kier alpha value is -2.51. The number of aryl methyl sites for hydroxylation is 1. The Kier molecular flexibility index (Phi) is 4.22. The lowest BCUT2D eigenvalue weighted by Gasteiger charge is -2.04. The maximum absolute atomic E-state index is 12.2. The first-order chi connectivity index (χ1) is 11.1. The topological polar surface area (TPSA) is 76.9 Å². The Bertz CT molecular complexity index is 890. The summed E-state index contributed by atoms with van der Waals surface area (Å²) >= 11 is 0. The quantitative estimate of drug-likeness (QED) is 0.777. The number of nitrogens with one attached hydrogen (secondary N) is 1. The van der Waals surface area contributed by atoms with Crippen molar-refractivity contribution in [3.05, 3.63) is 66.6 Å². The van der Waals surface area contributed by atoms with Gasteiger partial charge in [-0.05, 0) is 30.3 Å². The van der Waals surface area contributed by atoms with Crippen LogP contribution in [0.15, 0.2) is 65.8 Å². The largest absolute Gasteiger partial charge is 0.268 e. The Balaban J connectivity index is 1.77. The molecule has 0 saturated carbocycles. The summed E-state index contributed by atoms with van der Waals surface area (Å²) in [6, 6.07) is 13.9. The van der Waals surface area contributed by atoms with Crippen molar-refractivity contribution in [3.63, 3.8) is 0 Å². The first kappa shape index (κ1) is 15.4. The van der Waals surface area contributed by atoms with Crippen LogP contribution in [0.1, 0.15) is 5.69 Å². The van der Waals surface area contributed by atoms with E-state index in [0.717, 1.165) is 11.3 Å². The highest BCUT2D eigenvalue weighted by molar-refractivity contribution is 7.89. The number of sulfonamides is 1. The zero-order valence-electron chi connectivity index (χ0n) is 12.5. The molecule has 0 aliphatic carbocycles. The van der Waals surface area contributed by atoms with E-state index in [1.165, 1.54) is 0 Å². The Labute approximate surface area is 134 Å². The van der Waals surface area contributed by atoms with Crippen LogP contribution >= 0.6 is 0 Å². The molecule has 2 heterocycles. The molecular weight excluding hydrogens is 312 g/mol. The van der Waals surface area contributed by atoms with Crippen molar-refractivity contribution in [2.75, 3.05) is 0 Å². The van der Waals surface area contributed by atoms with Gasteiger partial charge in [-0.2, -0.15) is 5.10 Å². The van der Waals surface area contributed by atoms with Gasteiger partial charge in [0.15, 0.2) is 0 Å². The zero-order chi connectivity index (χ0) is 16.3. The van der Waals surface area contributed by atoms with Crippen molar-refractivity contribution in [1.29, 1.82) is 0 Å². The average Bonchev–Trinajstić information content (AvgIpc) is 2.96. The molecule has 118 valence electrons. The number of hydrogen-bond acceptors (Lipinski definition) is 4. The molecule has 0 radical (unpaired) electrons. The van der Waals surface area contributed by atoms with E-state index in [-0.39, 0.29) is 11.4 Å². The van der Waals surface area contributed by atoms with Gasteiger partial charge in [0.1, 0.15) is 0 Å². The Morgan fingerprint density at radius 3 is 2.48 bits per heavy atom. The SMILES string of the molecule is Cn1nc(CNS(=O)(=O)c2ccccc2)cc1-c1ccncc1. The smallest absolute Gasteiger partial charge is 0.240 e. The van der Waals surface area contributed by atoms with Crippen LogP contribution in [0.3, 0.4) is 0 Å². The minimum atomic E-state index is -3.54. The summed E-state index contributed by atoms with van der Waals surface area (Å²) < 4.78 is 28.7. The predicted octanol–water partition coefficient (Wildman–Crippen LogP) is 1.96. The third-order valence-electron chi connectivity index (χ3n) is 3.40.